The fourth-order valence-corrected chi connectivity index (χ4v) is 1.11. The van der Waals surface area contributed by atoms with Gasteiger partial charge < -0.3 is 5.32 Å². The van der Waals surface area contributed by atoms with Crippen LogP contribution in [-0.4, -0.2) is 12.5 Å². The molecule has 0 saturated heterocycles. The first-order chi connectivity index (χ1) is 6.74. The highest BCUT2D eigenvalue weighted by atomic mass is 19.1. The van der Waals surface area contributed by atoms with Gasteiger partial charge in [-0.1, -0.05) is 19.4 Å². The molecule has 2 nitrogen and oxygen atoms in total. The van der Waals surface area contributed by atoms with Gasteiger partial charge in [-0.25, -0.2) is 4.39 Å². The van der Waals surface area contributed by atoms with E-state index >= 15 is 0 Å². The van der Waals surface area contributed by atoms with Gasteiger partial charge in [0.1, 0.15) is 5.82 Å². The summed E-state index contributed by atoms with van der Waals surface area (Å²) in [5.41, 5.74) is 0.376. The van der Waals surface area contributed by atoms with Crippen molar-refractivity contribution in [2.75, 3.05) is 6.54 Å². The van der Waals surface area contributed by atoms with E-state index < -0.39 is 0 Å². The summed E-state index contributed by atoms with van der Waals surface area (Å²) in [5, 5.41) is 2.72. The van der Waals surface area contributed by atoms with Crippen molar-refractivity contribution >= 4 is 5.91 Å². The van der Waals surface area contributed by atoms with E-state index in [9.17, 15) is 9.18 Å². The quantitative estimate of drug-likeness (QED) is 0.734. The van der Waals surface area contributed by atoms with Crippen LogP contribution in [0, 0.1) is 5.82 Å². The summed E-state index contributed by atoms with van der Waals surface area (Å²) < 4.78 is 12.7. The highest BCUT2D eigenvalue weighted by Gasteiger charge is 2.04. The fourth-order valence-electron chi connectivity index (χ4n) is 1.11. The highest BCUT2D eigenvalue weighted by Crippen LogP contribution is 2.02. The number of benzene rings is 1. The molecule has 0 atom stereocenters. The zero-order valence-electron chi connectivity index (χ0n) is 8.22. The second-order valence-electron chi connectivity index (χ2n) is 3.12. The number of unbranched alkanes of at least 4 members (excludes halogenated alkanes) is 1. The molecule has 0 aliphatic heterocycles. The second kappa shape index (κ2) is 5.37. The van der Waals surface area contributed by atoms with Gasteiger partial charge in [-0.3, -0.25) is 4.79 Å². The molecule has 0 saturated carbocycles. The van der Waals surface area contributed by atoms with Crippen molar-refractivity contribution in [3.05, 3.63) is 35.6 Å². The average Bonchev–Trinajstić information content (AvgIpc) is 2.18. The van der Waals surface area contributed by atoms with Crippen LogP contribution < -0.4 is 5.32 Å². The van der Waals surface area contributed by atoms with Gasteiger partial charge in [0.2, 0.25) is 0 Å². The van der Waals surface area contributed by atoms with Gasteiger partial charge in [0, 0.05) is 12.1 Å². The molecule has 0 radical (unpaired) electrons. The van der Waals surface area contributed by atoms with E-state index in [2.05, 4.69) is 5.32 Å². The zero-order valence-corrected chi connectivity index (χ0v) is 8.22. The molecule has 0 fully saturated rings. The minimum absolute atomic E-state index is 0.210. The van der Waals surface area contributed by atoms with Crippen LogP contribution in [0.5, 0.6) is 0 Å². The molecule has 14 heavy (non-hydrogen) atoms. The van der Waals surface area contributed by atoms with Crippen molar-refractivity contribution in [1.82, 2.24) is 5.32 Å². The molecule has 0 bridgehead atoms. The SMILES string of the molecule is CCCCNC(=O)c1cccc(F)c1. The van der Waals surface area contributed by atoms with Gasteiger partial charge in [0.05, 0.1) is 0 Å². The lowest BCUT2D eigenvalue weighted by Crippen LogP contribution is -2.24. The number of hydrogen-bond acceptors (Lipinski definition) is 1. The van der Waals surface area contributed by atoms with Gasteiger partial charge >= 0.3 is 0 Å². The molecule has 1 aromatic rings. The van der Waals surface area contributed by atoms with Gasteiger partial charge in [-0.05, 0) is 24.6 Å². The largest absolute Gasteiger partial charge is 0.352 e. The average molecular weight is 195 g/mol. The predicted octanol–water partition coefficient (Wildman–Crippen LogP) is 2.36. The molecular formula is C11H14FNO. The number of carbonyl (C=O) groups excluding carboxylic acids is 1. The summed E-state index contributed by atoms with van der Waals surface area (Å²) in [6.07, 6.45) is 1.98. The van der Waals surface area contributed by atoms with E-state index in [0.29, 0.717) is 12.1 Å². The van der Waals surface area contributed by atoms with Crippen LogP contribution in [0.2, 0.25) is 0 Å². The Balaban J connectivity index is 2.52. The van der Waals surface area contributed by atoms with Crippen LogP contribution in [0.3, 0.4) is 0 Å². The summed E-state index contributed by atoms with van der Waals surface area (Å²) in [4.78, 5) is 11.4. The lowest BCUT2D eigenvalue weighted by atomic mass is 10.2. The summed E-state index contributed by atoms with van der Waals surface area (Å²) in [5.74, 6) is -0.592. The topological polar surface area (TPSA) is 29.1 Å². The van der Waals surface area contributed by atoms with Crippen LogP contribution in [0.15, 0.2) is 24.3 Å². The van der Waals surface area contributed by atoms with Crippen molar-refractivity contribution in [3.8, 4) is 0 Å². The third-order valence-corrected chi connectivity index (χ3v) is 1.90. The minimum atomic E-state index is -0.381. The molecule has 0 unspecified atom stereocenters. The molecule has 0 aliphatic rings. The Labute approximate surface area is 83.1 Å². The van der Waals surface area contributed by atoms with Crippen LogP contribution in [0.4, 0.5) is 4.39 Å². The van der Waals surface area contributed by atoms with E-state index in [1.54, 1.807) is 6.07 Å². The summed E-state index contributed by atoms with van der Waals surface area (Å²) >= 11 is 0. The number of amides is 1. The molecule has 1 N–H and O–H groups in total. The van der Waals surface area contributed by atoms with Crippen LogP contribution >= 0.6 is 0 Å². The number of nitrogens with one attached hydrogen (secondary N) is 1. The first-order valence-corrected chi connectivity index (χ1v) is 4.78. The lowest BCUT2D eigenvalue weighted by Gasteiger charge is -2.03. The maximum atomic E-state index is 12.7. The summed E-state index contributed by atoms with van der Waals surface area (Å²) in [7, 11) is 0. The molecule has 1 aromatic carbocycles. The molecule has 0 heterocycles. The van der Waals surface area contributed by atoms with Crippen molar-refractivity contribution in [1.29, 1.82) is 0 Å². The van der Waals surface area contributed by atoms with Crippen molar-refractivity contribution in [3.63, 3.8) is 0 Å². The Morgan fingerprint density at radius 3 is 2.93 bits per heavy atom. The fraction of sp³-hybridized carbons (Fsp3) is 0.364. The molecule has 76 valence electrons. The van der Waals surface area contributed by atoms with Gasteiger partial charge in [-0.2, -0.15) is 0 Å². The van der Waals surface area contributed by atoms with Crippen LogP contribution in [-0.2, 0) is 0 Å². The molecule has 1 amide bonds. The third-order valence-electron chi connectivity index (χ3n) is 1.90. The van der Waals surface area contributed by atoms with Crippen LogP contribution in [0.1, 0.15) is 30.1 Å². The number of rotatable bonds is 4. The Bertz CT molecular complexity index is 312. The van der Waals surface area contributed by atoms with Crippen molar-refractivity contribution in [2.24, 2.45) is 0 Å². The van der Waals surface area contributed by atoms with Crippen LogP contribution in [0.25, 0.3) is 0 Å². The first-order valence-electron chi connectivity index (χ1n) is 4.78. The first kappa shape index (κ1) is 10.7. The lowest BCUT2D eigenvalue weighted by molar-refractivity contribution is 0.0952. The van der Waals surface area contributed by atoms with Gasteiger partial charge in [0.15, 0.2) is 0 Å². The van der Waals surface area contributed by atoms with E-state index in [0.717, 1.165) is 12.8 Å². The van der Waals surface area contributed by atoms with E-state index in [1.165, 1.54) is 18.2 Å². The third kappa shape index (κ3) is 3.17. The maximum Gasteiger partial charge on any atom is 0.251 e. The van der Waals surface area contributed by atoms with Crippen molar-refractivity contribution < 1.29 is 9.18 Å². The molecule has 0 aliphatic carbocycles. The Morgan fingerprint density at radius 1 is 1.50 bits per heavy atom. The smallest absolute Gasteiger partial charge is 0.251 e. The minimum Gasteiger partial charge on any atom is -0.352 e. The summed E-state index contributed by atoms with van der Waals surface area (Å²) in [6, 6.07) is 5.69. The number of carbonyl (C=O) groups is 1. The summed E-state index contributed by atoms with van der Waals surface area (Å²) in [6.45, 7) is 2.69. The second-order valence-corrected chi connectivity index (χ2v) is 3.12. The predicted molar refractivity (Wildman–Crippen MR) is 53.6 cm³/mol. The maximum absolute atomic E-state index is 12.7. The Kier molecular flexibility index (Phi) is 4.11. The number of halogens is 1. The Morgan fingerprint density at radius 2 is 2.29 bits per heavy atom. The normalized spacial score (nSPS) is 9.86. The van der Waals surface area contributed by atoms with Gasteiger partial charge in [0.25, 0.3) is 5.91 Å². The van der Waals surface area contributed by atoms with E-state index in [4.69, 9.17) is 0 Å². The molecule has 0 aromatic heterocycles. The highest BCUT2D eigenvalue weighted by molar-refractivity contribution is 5.94. The monoisotopic (exact) mass is 195 g/mol. The van der Waals surface area contributed by atoms with Gasteiger partial charge in [-0.15, -0.1) is 0 Å². The van der Waals surface area contributed by atoms with Crippen molar-refractivity contribution in [2.45, 2.75) is 19.8 Å². The van der Waals surface area contributed by atoms with E-state index in [-0.39, 0.29) is 11.7 Å². The molecule has 1 rings (SSSR count). The Hall–Kier alpha value is -1.38. The zero-order chi connectivity index (χ0) is 10.4. The van der Waals surface area contributed by atoms with E-state index in [1.807, 2.05) is 6.92 Å². The molecule has 0 spiro atoms. The molecule has 3 heteroatoms. The standard InChI is InChI=1S/C11H14FNO/c1-2-3-7-13-11(14)9-5-4-6-10(12)8-9/h4-6,8H,2-3,7H2,1H3,(H,13,14). The number of hydrogen-bond donors (Lipinski definition) is 1. The molecular weight excluding hydrogens is 181 g/mol.